The Morgan fingerprint density at radius 2 is 1.28 bits per heavy atom. The van der Waals surface area contributed by atoms with E-state index in [1.165, 1.54) is 98.8 Å². The maximum Gasteiger partial charge on any atom is 0.0795 e. The largest absolute Gasteiger partial charge is 0.285 e. The Morgan fingerprint density at radius 1 is 0.566 bits per heavy atom. The highest BCUT2D eigenvalue weighted by atomic mass is 14.8. The highest BCUT2D eigenvalue weighted by molar-refractivity contribution is 6.16. The van der Waals surface area contributed by atoms with Gasteiger partial charge in [0.1, 0.15) is 0 Å². The monoisotopic (exact) mass is 683 g/mol. The zero-order chi connectivity index (χ0) is 35.3. The number of allylic oxidation sites excluding steroid dienone is 10. The number of hydrogen-bond acceptors (Lipinski definition) is 1. The van der Waals surface area contributed by atoms with E-state index in [9.17, 15) is 0 Å². The minimum Gasteiger partial charge on any atom is -0.285 e. The Bertz CT molecular complexity index is 2640. The number of dihydropyridines is 1. The molecule has 5 aromatic carbocycles. The Labute approximate surface area is 313 Å². The van der Waals surface area contributed by atoms with Crippen LogP contribution in [0.15, 0.2) is 143 Å². The van der Waals surface area contributed by atoms with E-state index in [1.54, 1.807) is 0 Å². The lowest BCUT2D eigenvalue weighted by atomic mass is 9.79. The normalized spacial score (nSPS) is 19.5. The first-order chi connectivity index (χ1) is 26.2. The summed E-state index contributed by atoms with van der Waals surface area (Å²) in [5.41, 5.74) is 17.2. The van der Waals surface area contributed by atoms with Crippen molar-refractivity contribution in [1.82, 2.24) is 0 Å². The van der Waals surface area contributed by atoms with Gasteiger partial charge in [-0.25, -0.2) is 0 Å². The van der Waals surface area contributed by atoms with Crippen molar-refractivity contribution in [1.29, 1.82) is 0 Å². The minimum absolute atomic E-state index is 0.177. The summed E-state index contributed by atoms with van der Waals surface area (Å²) in [5.74, 6) is 0. The van der Waals surface area contributed by atoms with Gasteiger partial charge in [0.2, 0.25) is 0 Å². The van der Waals surface area contributed by atoms with Gasteiger partial charge in [-0.3, -0.25) is 4.99 Å². The van der Waals surface area contributed by atoms with E-state index in [2.05, 4.69) is 147 Å². The Hall–Kier alpha value is -5.53. The molecule has 1 heterocycles. The number of aliphatic imine (C=N–C) groups is 1. The van der Waals surface area contributed by atoms with Crippen LogP contribution in [0, 0.1) is 0 Å². The van der Waals surface area contributed by atoms with Gasteiger partial charge >= 0.3 is 0 Å². The fourth-order valence-corrected chi connectivity index (χ4v) is 9.74. The number of nitrogens with zero attached hydrogens (tertiary/aromatic N) is 1. The smallest absolute Gasteiger partial charge is 0.0795 e. The second-order valence-corrected chi connectivity index (χ2v) is 15.5. The molecule has 0 aromatic heterocycles. The van der Waals surface area contributed by atoms with Crippen LogP contribution in [-0.2, 0) is 6.42 Å². The molecule has 10 rings (SSSR count). The molecule has 1 aliphatic heterocycles. The van der Waals surface area contributed by atoms with Gasteiger partial charge in [-0.2, -0.15) is 0 Å². The van der Waals surface area contributed by atoms with Crippen molar-refractivity contribution >= 4 is 56.6 Å². The van der Waals surface area contributed by atoms with E-state index < -0.39 is 0 Å². The lowest BCUT2D eigenvalue weighted by Crippen LogP contribution is -2.33. The molecule has 0 spiro atoms. The summed E-state index contributed by atoms with van der Waals surface area (Å²) < 4.78 is 0. The molecular weight excluding hydrogens is 639 g/mol. The maximum atomic E-state index is 4.99. The average molecular weight is 684 g/mol. The fourth-order valence-electron chi connectivity index (χ4n) is 9.74. The Morgan fingerprint density at radius 3 is 2.04 bits per heavy atom. The molecule has 5 aromatic rings. The molecule has 1 nitrogen and oxygen atoms in total. The molecule has 258 valence electrons. The molecule has 0 N–H and O–H groups in total. The number of hydrogen-bond donors (Lipinski definition) is 0. The van der Waals surface area contributed by atoms with Gasteiger partial charge < -0.3 is 0 Å². The summed E-state index contributed by atoms with van der Waals surface area (Å²) >= 11 is 0. The molecule has 0 fully saturated rings. The minimum atomic E-state index is 0.177. The molecule has 1 atom stereocenters. The van der Waals surface area contributed by atoms with Crippen molar-refractivity contribution in [3.63, 3.8) is 0 Å². The molecule has 4 aliphatic carbocycles. The van der Waals surface area contributed by atoms with Crippen LogP contribution in [0.5, 0.6) is 0 Å². The molecule has 0 saturated heterocycles. The molecule has 0 saturated carbocycles. The summed E-state index contributed by atoms with van der Waals surface area (Å²) in [6, 6.07) is 32.4. The van der Waals surface area contributed by atoms with E-state index >= 15 is 0 Å². The summed E-state index contributed by atoms with van der Waals surface area (Å²) in [5, 5.41) is 8.30. The van der Waals surface area contributed by atoms with E-state index in [0.29, 0.717) is 0 Å². The quantitative estimate of drug-likeness (QED) is 0.164. The van der Waals surface area contributed by atoms with Crippen LogP contribution in [0.3, 0.4) is 0 Å². The lowest BCUT2D eigenvalue weighted by Gasteiger charge is -2.26. The number of fused-ring (bicyclic) bond motifs is 4. The predicted molar refractivity (Wildman–Crippen MR) is 227 cm³/mol. The third kappa shape index (κ3) is 5.66. The summed E-state index contributed by atoms with van der Waals surface area (Å²) in [4.78, 5) is 4.99. The van der Waals surface area contributed by atoms with Crippen molar-refractivity contribution in [2.75, 3.05) is 0 Å². The van der Waals surface area contributed by atoms with Gasteiger partial charge in [0.05, 0.1) is 6.04 Å². The van der Waals surface area contributed by atoms with Gasteiger partial charge in [0, 0.05) is 6.21 Å². The van der Waals surface area contributed by atoms with Crippen molar-refractivity contribution in [2.45, 2.75) is 70.8 Å². The highest BCUT2D eigenvalue weighted by Gasteiger charge is 2.25. The van der Waals surface area contributed by atoms with Crippen molar-refractivity contribution < 1.29 is 0 Å². The number of benzene rings is 5. The van der Waals surface area contributed by atoms with E-state index in [4.69, 9.17) is 4.99 Å². The summed E-state index contributed by atoms with van der Waals surface area (Å²) in [6.45, 7) is 2.25. The molecule has 1 heteroatoms. The topological polar surface area (TPSA) is 12.4 Å². The average Bonchev–Trinajstić information content (AvgIpc) is 3.22. The fraction of sp³-hybridized carbons (Fsp3) is 0.212. The van der Waals surface area contributed by atoms with Crippen LogP contribution in [0.4, 0.5) is 0 Å². The molecule has 1 unspecified atom stereocenters. The molecule has 53 heavy (non-hydrogen) atoms. The first-order valence-electron chi connectivity index (χ1n) is 19.8. The summed E-state index contributed by atoms with van der Waals surface area (Å²) in [7, 11) is 0. The summed E-state index contributed by atoms with van der Waals surface area (Å²) in [6.07, 6.45) is 30.7. The van der Waals surface area contributed by atoms with Crippen LogP contribution in [0.1, 0.15) is 97.7 Å². The van der Waals surface area contributed by atoms with Crippen LogP contribution in [-0.4, -0.2) is 6.21 Å². The number of aryl methyl sites for hydroxylation is 1. The van der Waals surface area contributed by atoms with Gasteiger partial charge in [-0.05, 0) is 164 Å². The first-order valence-corrected chi connectivity index (χ1v) is 19.8. The van der Waals surface area contributed by atoms with E-state index in [-0.39, 0.29) is 6.04 Å². The third-order valence-electron chi connectivity index (χ3n) is 12.4. The second kappa shape index (κ2) is 13.5. The molecule has 0 amide bonds. The number of rotatable bonds is 5. The van der Waals surface area contributed by atoms with Gasteiger partial charge in [-0.15, -0.1) is 0 Å². The lowest BCUT2D eigenvalue weighted by molar-refractivity contribution is 0.707. The first kappa shape index (κ1) is 32.1. The molecule has 0 radical (unpaired) electrons. The van der Waals surface area contributed by atoms with Crippen LogP contribution < -0.4 is 10.4 Å². The zero-order valence-corrected chi connectivity index (χ0v) is 30.7. The predicted octanol–water partition coefficient (Wildman–Crippen LogP) is 12.1. The van der Waals surface area contributed by atoms with Crippen molar-refractivity contribution in [2.24, 2.45) is 4.99 Å². The molecular formula is C52H45N. The van der Waals surface area contributed by atoms with Gasteiger partial charge in [0.15, 0.2) is 0 Å². The highest BCUT2D eigenvalue weighted by Crippen LogP contribution is 2.44. The zero-order valence-electron chi connectivity index (χ0n) is 30.7. The van der Waals surface area contributed by atoms with E-state index in [0.717, 1.165) is 57.8 Å². The standard InChI is InChI=1S/C52H45N/c1-34-23-25-37(26-24-34)40-18-9-20-43-42(40)19-10-22-45(43)52-48-16-6-4-14-46(48)51(47-15-5-7-17-49(47)52)38-29-27-35(28-30-38)39-31-32-53-50(33-39)44-21-8-12-36-11-2-3-13-41(36)44/h3-9,12-21,23,25,27,29,31-32,50H,2,10-11,22,24,26,28,30,33H2,1H3. The SMILES string of the molecule is CC1=CC=C(c2cccc3c2=CCCC=3c2c3ccccc3c(C3=CC=C(C4=CC=NC(c5cccc6c5C=CCC6)C4)CC3)c3ccccc23)CC1. The van der Waals surface area contributed by atoms with Gasteiger partial charge in [0.25, 0.3) is 0 Å². The van der Waals surface area contributed by atoms with Crippen LogP contribution in [0.2, 0.25) is 0 Å². The Kier molecular flexibility index (Phi) is 8.17. The third-order valence-corrected chi connectivity index (χ3v) is 12.4. The maximum absolute atomic E-state index is 4.99. The molecule has 0 bridgehead atoms. The Balaban J connectivity index is 1.07. The van der Waals surface area contributed by atoms with Crippen LogP contribution >= 0.6 is 0 Å². The van der Waals surface area contributed by atoms with Gasteiger partial charge in [-0.1, -0.05) is 133 Å². The molecule has 5 aliphatic rings. The van der Waals surface area contributed by atoms with E-state index in [1.807, 2.05) is 0 Å². The van der Waals surface area contributed by atoms with Crippen LogP contribution in [0.25, 0.3) is 50.4 Å². The second-order valence-electron chi connectivity index (χ2n) is 15.5. The van der Waals surface area contributed by atoms with Crippen molar-refractivity contribution in [3.8, 4) is 0 Å². The van der Waals surface area contributed by atoms with Crippen molar-refractivity contribution in [3.05, 3.63) is 182 Å².